The van der Waals surface area contributed by atoms with Crippen molar-refractivity contribution in [3.8, 4) is 0 Å². The molecule has 0 saturated carbocycles. The van der Waals surface area contributed by atoms with E-state index in [0.717, 1.165) is 44.9 Å². The van der Waals surface area contributed by atoms with Crippen LogP contribution < -0.4 is 10.2 Å². The number of unbranched alkanes of at least 4 members (excludes halogenated alkanes) is 28. The summed E-state index contributed by atoms with van der Waals surface area (Å²) in [4.78, 5) is 25.4. The zero-order chi connectivity index (χ0) is 45.7. The fourth-order valence-corrected chi connectivity index (χ4v) is 8.10. The van der Waals surface area contributed by atoms with Crippen LogP contribution in [0.2, 0.25) is 0 Å². The second-order valence-electron chi connectivity index (χ2n) is 18.9. The smallest absolute Gasteiger partial charge is 0.268 e. The van der Waals surface area contributed by atoms with Gasteiger partial charge in [-0.3, -0.25) is 9.36 Å². The first-order valence-corrected chi connectivity index (χ1v) is 27.5. The molecule has 0 rings (SSSR count). The molecular formula is C53H101N2O6P. The van der Waals surface area contributed by atoms with Crippen molar-refractivity contribution in [1.29, 1.82) is 0 Å². The highest BCUT2D eigenvalue weighted by Crippen LogP contribution is 2.38. The van der Waals surface area contributed by atoms with Crippen LogP contribution in [-0.2, 0) is 18.4 Å². The van der Waals surface area contributed by atoms with Gasteiger partial charge in [-0.2, -0.15) is 0 Å². The lowest BCUT2D eigenvalue weighted by atomic mass is 10.0. The molecule has 0 aromatic carbocycles. The molecule has 0 aromatic heterocycles. The molecule has 2 N–H and O–H groups in total. The summed E-state index contributed by atoms with van der Waals surface area (Å²) in [6, 6.07) is -0.906. The number of allylic oxidation sites excluding steroid dienone is 7. The van der Waals surface area contributed by atoms with E-state index < -0.39 is 26.6 Å². The molecule has 0 aliphatic heterocycles. The van der Waals surface area contributed by atoms with Crippen LogP contribution in [0.4, 0.5) is 0 Å². The Balaban J connectivity index is 4.36. The Morgan fingerprint density at radius 3 is 1.44 bits per heavy atom. The Hall–Kier alpha value is -1.54. The van der Waals surface area contributed by atoms with Crippen molar-refractivity contribution in [2.45, 2.75) is 244 Å². The number of carbonyl (C=O) groups excluding carboxylic acids is 1. The van der Waals surface area contributed by atoms with Crippen molar-refractivity contribution < 1.29 is 32.9 Å². The molecule has 3 atom stereocenters. The van der Waals surface area contributed by atoms with Gasteiger partial charge >= 0.3 is 0 Å². The molecule has 0 bridgehead atoms. The van der Waals surface area contributed by atoms with Gasteiger partial charge in [-0.1, -0.05) is 210 Å². The number of likely N-dealkylation sites (N-methyl/N-ethyl adjacent to an activating group) is 1. The number of carbonyl (C=O) groups is 1. The minimum absolute atomic E-state index is 0.00805. The molecule has 0 heterocycles. The third kappa shape index (κ3) is 46.5. The zero-order valence-corrected chi connectivity index (χ0v) is 42.2. The number of quaternary nitrogens is 1. The Morgan fingerprint density at radius 1 is 0.565 bits per heavy atom. The first kappa shape index (κ1) is 60.5. The Labute approximate surface area is 384 Å². The lowest BCUT2D eigenvalue weighted by Gasteiger charge is -2.29. The normalized spacial score (nSPS) is 14.5. The van der Waals surface area contributed by atoms with Crippen molar-refractivity contribution in [3.05, 3.63) is 48.6 Å². The van der Waals surface area contributed by atoms with Crippen molar-refractivity contribution in [2.75, 3.05) is 40.9 Å². The fraction of sp³-hybridized carbons (Fsp3) is 0.830. The van der Waals surface area contributed by atoms with E-state index in [2.05, 4.69) is 55.6 Å². The van der Waals surface area contributed by atoms with Crippen molar-refractivity contribution >= 4 is 13.7 Å². The summed E-state index contributed by atoms with van der Waals surface area (Å²) in [6.45, 7) is 4.61. The number of aliphatic hydroxyl groups excluding tert-OH is 1. The van der Waals surface area contributed by atoms with E-state index in [1.807, 2.05) is 27.2 Å². The standard InChI is InChI=1S/C53H101N2O6P/c1-6-8-10-12-14-16-18-20-22-24-26-27-29-30-32-34-36-38-40-42-44-46-52(56)51(50-61-62(58,59)60-49-48-55(3,4)5)54-53(57)47-45-43-41-39-37-35-33-31-28-25-23-21-19-17-15-13-11-9-7-2/h15,17,21,23,36,38,44,46,51-52,56H,6-14,16,18-20,22,24-35,37,39-43,45,47-50H2,1-5H3,(H-,54,57,58,59)/b17-15-,23-21-,38-36+,46-44+. The van der Waals surface area contributed by atoms with E-state index in [0.29, 0.717) is 17.4 Å². The molecule has 0 aliphatic carbocycles. The van der Waals surface area contributed by atoms with Crippen LogP contribution in [0.15, 0.2) is 48.6 Å². The number of nitrogens with one attached hydrogen (secondary N) is 1. The summed E-state index contributed by atoms with van der Waals surface area (Å²) in [5.74, 6) is -0.212. The predicted molar refractivity (Wildman–Crippen MR) is 265 cm³/mol. The molecule has 9 heteroatoms. The average molecular weight is 893 g/mol. The molecular weight excluding hydrogens is 792 g/mol. The Bertz CT molecular complexity index is 1150. The number of amides is 1. The largest absolute Gasteiger partial charge is 0.756 e. The van der Waals surface area contributed by atoms with Crippen LogP contribution in [0.3, 0.4) is 0 Å². The second-order valence-corrected chi connectivity index (χ2v) is 20.3. The van der Waals surface area contributed by atoms with Crippen LogP contribution >= 0.6 is 7.82 Å². The summed E-state index contributed by atoms with van der Waals surface area (Å²) in [5, 5.41) is 13.8. The minimum Gasteiger partial charge on any atom is -0.756 e. The molecule has 0 aliphatic rings. The van der Waals surface area contributed by atoms with Gasteiger partial charge in [0.05, 0.1) is 39.9 Å². The summed E-state index contributed by atoms with van der Waals surface area (Å²) < 4.78 is 23.3. The number of rotatable bonds is 47. The highest BCUT2D eigenvalue weighted by Gasteiger charge is 2.23. The minimum atomic E-state index is -4.60. The monoisotopic (exact) mass is 893 g/mol. The lowest BCUT2D eigenvalue weighted by Crippen LogP contribution is -2.45. The van der Waals surface area contributed by atoms with Gasteiger partial charge in [-0.25, -0.2) is 0 Å². The molecule has 0 saturated heterocycles. The van der Waals surface area contributed by atoms with Crippen LogP contribution in [0.5, 0.6) is 0 Å². The molecule has 62 heavy (non-hydrogen) atoms. The van der Waals surface area contributed by atoms with E-state index in [4.69, 9.17) is 9.05 Å². The number of hydrogen-bond acceptors (Lipinski definition) is 6. The number of hydrogen-bond donors (Lipinski definition) is 2. The third-order valence-electron chi connectivity index (χ3n) is 11.5. The number of phosphoric acid groups is 1. The first-order valence-electron chi connectivity index (χ1n) is 26.0. The number of phosphoric ester groups is 1. The van der Waals surface area contributed by atoms with Crippen molar-refractivity contribution in [3.63, 3.8) is 0 Å². The highest BCUT2D eigenvalue weighted by atomic mass is 31.2. The molecule has 1 amide bonds. The molecule has 0 fully saturated rings. The van der Waals surface area contributed by atoms with Crippen LogP contribution in [-0.4, -0.2) is 68.5 Å². The maximum absolute atomic E-state index is 12.9. The molecule has 3 unspecified atom stereocenters. The maximum Gasteiger partial charge on any atom is 0.268 e. The maximum atomic E-state index is 12.9. The lowest BCUT2D eigenvalue weighted by molar-refractivity contribution is -0.870. The summed E-state index contributed by atoms with van der Waals surface area (Å²) in [6.07, 6.45) is 57.4. The van der Waals surface area contributed by atoms with Gasteiger partial charge in [0.2, 0.25) is 5.91 Å². The Kier molecular flexibility index (Phi) is 43.5. The van der Waals surface area contributed by atoms with Gasteiger partial charge in [0.25, 0.3) is 7.82 Å². The zero-order valence-electron chi connectivity index (χ0n) is 41.3. The molecule has 0 aromatic rings. The third-order valence-corrected chi connectivity index (χ3v) is 12.5. The first-order chi connectivity index (χ1) is 30.0. The van der Waals surface area contributed by atoms with Crippen LogP contribution in [0.1, 0.15) is 232 Å². The van der Waals surface area contributed by atoms with E-state index in [-0.39, 0.29) is 12.5 Å². The van der Waals surface area contributed by atoms with E-state index in [1.165, 1.54) is 167 Å². The van der Waals surface area contributed by atoms with Gasteiger partial charge in [-0.15, -0.1) is 0 Å². The topological polar surface area (TPSA) is 108 Å². The van der Waals surface area contributed by atoms with Crippen LogP contribution in [0, 0.1) is 0 Å². The van der Waals surface area contributed by atoms with Gasteiger partial charge in [0.1, 0.15) is 13.2 Å². The van der Waals surface area contributed by atoms with E-state index in [1.54, 1.807) is 6.08 Å². The molecule has 0 spiro atoms. The van der Waals surface area contributed by atoms with E-state index in [9.17, 15) is 19.4 Å². The number of aliphatic hydroxyl groups is 1. The van der Waals surface area contributed by atoms with Crippen LogP contribution in [0.25, 0.3) is 0 Å². The fourth-order valence-electron chi connectivity index (χ4n) is 7.38. The summed E-state index contributed by atoms with van der Waals surface area (Å²) >= 11 is 0. The Morgan fingerprint density at radius 2 is 0.952 bits per heavy atom. The van der Waals surface area contributed by atoms with Gasteiger partial charge < -0.3 is 28.8 Å². The predicted octanol–water partition coefficient (Wildman–Crippen LogP) is 14.6. The van der Waals surface area contributed by atoms with Crippen molar-refractivity contribution in [2.24, 2.45) is 0 Å². The quantitative estimate of drug-likeness (QED) is 0.0273. The van der Waals surface area contributed by atoms with E-state index >= 15 is 0 Å². The van der Waals surface area contributed by atoms with Crippen molar-refractivity contribution in [1.82, 2.24) is 5.32 Å². The molecule has 8 nitrogen and oxygen atoms in total. The SMILES string of the molecule is CCCCC/C=C\C/C=C\CCCCCCCCCCCC(=O)NC(COP(=O)([O-])OCC[N+](C)(C)C)C(O)/C=C/CC/C=C/CCCCCCCCCCCCCCCCC. The highest BCUT2D eigenvalue weighted by molar-refractivity contribution is 7.45. The second kappa shape index (κ2) is 44.7. The van der Waals surface area contributed by atoms with Gasteiger partial charge in [-0.05, 0) is 64.2 Å². The molecule has 364 valence electrons. The van der Waals surface area contributed by atoms with Gasteiger partial charge in [0, 0.05) is 6.42 Å². The summed E-state index contributed by atoms with van der Waals surface area (Å²) in [7, 11) is 1.24. The average Bonchev–Trinajstić information content (AvgIpc) is 3.23. The molecule has 0 radical (unpaired) electrons. The summed E-state index contributed by atoms with van der Waals surface area (Å²) in [5.41, 5.74) is 0. The van der Waals surface area contributed by atoms with Gasteiger partial charge in [0.15, 0.2) is 0 Å². The number of nitrogens with zero attached hydrogens (tertiary/aromatic N) is 1.